The molecule has 1 amide bonds. The molecule has 1 aliphatic heterocycles. The topological polar surface area (TPSA) is 69.6 Å². The van der Waals surface area contributed by atoms with E-state index in [0.717, 1.165) is 31.4 Å². The number of allylic oxidation sites excluding steroid dienone is 2. The lowest BCUT2D eigenvalue weighted by Crippen LogP contribution is -2.63. The lowest BCUT2D eigenvalue weighted by atomic mass is 9.88. The molecule has 2 N–H and O–H groups in total. The van der Waals surface area contributed by atoms with E-state index in [1.54, 1.807) is 0 Å². The van der Waals surface area contributed by atoms with Crippen molar-refractivity contribution >= 4 is 11.9 Å². The minimum atomic E-state index is -1.17. The Morgan fingerprint density at radius 2 is 2.08 bits per heavy atom. The summed E-state index contributed by atoms with van der Waals surface area (Å²) in [5.41, 5.74) is -0.0157. The summed E-state index contributed by atoms with van der Waals surface area (Å²) < 4.78 is 0. The van der Waals surface area contributed by atoms with Crippen molar-refractivity contribution in [2.75, 3.05) is 13.1 Å². The number of carboxylic acids is 1. The summed E-state index contributed by atoms with van der Waals surface area (Å²) in [7, 11) is 0. The van der Waals surface area contributed by atoms with Crippen LogP contribution in [0.2, 0.25) is 0 Å². The van der Waals surface area contributed by atoms with Gasteiger partial charge in [-0.1, -0.05) is 42.5 Å². The second-order valence-corrected chi connectivity index (χ2v) is 7.20. The standard InChI is InChI=1S/C20H26N2O3/c23-18(13-16-7-4-5-8-16)21-20(19(24)25)11-6-12-22(15-20)14-17-9-2-1-3-10-17/h1-4,7,9-10,16H,5-6,8,11-15H2,(H,21,23)(H,24,25)/t16-,20-/m1/s1. The van der Waals surface area contributed by atoms with Crippen molar-refractivity contribution in [3.63, 3.8) is 0 Å². The van der Waals surface area contributed by atoms with Gasteiger partial charge >= 0.3 is 5.97 Å². The monoisotopic (exact) mass is 342 g/mol. The van der Waals surface area contributed by atoms with Crippen molar-refractivity contribution in [3.8, 4) is 0 Å². The molecule has 0 bridgehead atoms. The zero-order valence-electron chi connectivity index (χ0n) is 14.5. The van der Waals surface area contributed by atoms with E-state index >= 15 is 0 Å². The quantitative estimate of drug-likeness (QED) is 0.780. The van der Waals surface area contributed by atoms with E-state index in [1.165, 1.54) is 0 Å². The molecule has 3 rings (SSSR count). The van der Waals surface area contributed by atoms with Crippen LogP contribution in [-0.4, -0.2) is 40.5 Å². The van der Waals surface area contributed by atoms with E-state index < -0.39 is 11.5 Å². The minimum absolute atomic E-state index is 0.152. The number of benzene rings is 1. The number of hydrogen-bond acceptors (Lipinski definition) is 3. The van der Waals surface area contributed by atoms with Crippen LogP contribution < -0.4 is 5.32 Å². The first kappa shape index (κ1) is 17.7. The number of nitrogens with one attached hydrogen (secondary N) is 1. The van der Waals surface area contributed by atoms with Crippen molar-refractivity contribution in [2.45, 2.75) is 44.2 Å². The van der Waals surface area contributed by atoms with Gasteiger partial charge in [0.05, 0.1) is 0 Å². The summed E-state index contributed by atoms with van der Waals surface area (Å²) in [6.45, 7) is 1.91. The molecule has 1 heterocycles. The summed E-state index contributed by atoms with van der Waals surface area (Å²) in [5.74, 6) is -0.837. The maximum atomic E-state index is 12.4. The Morgan fingerprint density at radius 1 is 1.28 bits per heavy atom. The number of likely N-dealkylation sites (tertiary alicyclic amines) is 1. The van der Waals surface area contributed by atoms with Gasteiger partial charge in [0.25, 0.3) is 0 Å². The Bertz CT molecular complexity index is 644. The van der Waals surface area contributed by atoms with Crippen LogP contribution in [-0.2, 0) is 16.1 Å². The van der Waals surface area contributed by atoms with Crippen molar-refractivity contribution in [3.05, 3.63) is 48.0 Å². The molecular formula is C20H26N2O3. The molecule has 1 saturated heterocycles. The van der Waals surface area contributed by atoms with Gasteiger partial charge in [-0.2, -0.15) is 0 Å². The highest BCUT2D eigenvalue weighted by Gasteiger charge is 2.43. The van der Waals surface area contributed by atoms with Gasteiger partial charge in [-0.15, -0.1) is 0 Å². The second kappa shape index (κ2) is 7.83. The van der Waals surface area contributed by atoms with Crippen molar-refractivity contribution in [2.24, 2.45) is 5.92 Å². The highest BCUT2D eigenvalue weighted by atomic mass is 16.4. The highest BCUT2D eigenvalue weighted by molar-refractivity contribution is 5.87. The first-order valence-corrected chi connectivity index (χ1v) is 9.05. The molecule has 5 nitrogen and oxygen atoms in total. The molecule has 0 saturated carbocycles. The molecule has 1 aromatic carbocycles. The van der Waals surface area contributed by atoms with E-state index in [9.17, 15) is 14.7 Å². The zero-order chi connectivity index (χ0) is 17.7. The fourth-order valence-electron chi connectivity index (χ4n) is 3.87. The van der Waals surface area contributed by atoms with E-state index in [-0.39, 0.29) is 11.8 Å². The average molecular weight is 342 g/mol. The second-order valence-electron chi connectivity index (χ2n) is 7.20. The predicted molar refractivity (Wildman–Crippen MR) is 95.9 cm³/mol. The van der Waals surface area contributed by atoms with Gasteiger partial charge in [-0.25, -0.2) is 4.79 Å². The molecule has 25 heavy (non-hydrogen) atoms. The third kappa shape index (κ3) is 4.48. The number of piperidine rings is 1. The molecule has 2 aliphatic rings. The van der Waals surface area contributed by atoms with Gasteiger partial charge in [0.15, 0.2) is 5.54 Å². The number of carbonyl (C=O) groups excluding carboxylic acids is 1. The molecule has 2 atom stereocenters. The number of carbonyl (C=O) groups is 2. The molecule has 0 aromatic heterocycles. The van der Waals surface area contributed by atoms with Crippen LogP contribution in [0.25, 0.3) is 0 Å². The molecular weight excluding hydrogens is 316 g/mol. The summed E-state index contributed by atoms with van der Waals surface area (Å²) >= 11 is 0. The van der Waals surface area contributed by atoms with Gasteiger partial charge in [0.2, 0.25) is 5.91 Å². The molecule has 1 aromatic rings. The Morgan fingerprint density at radius 3 is 2.76 bits per heavy atom. The van der Waals surface area contributed by atoms with Crippen LogP contribution in [0.3, 0.4) is 0 Å². The van der Waals surface area contributed by atoms with E-state index in [4.69, 9.17) is 0 Å². The third-order valence-electron chi connectivity index (χ3n) is 5.17. The molecule has 5 heteroatoms. The third-order valence-corrected chi connectivity index (χ3v) is 5.17. The zero-order valence-corrected chi connectivity index (χ0v) is 14.5. The van der Waals surface area contributed by atoms with Gasteiger partial charge in [-0.3, -0.25) is 9.69 Å². The van der Waals surface area contributed by atoms with Crippen LogP contribution in [0.1, 0.15) is 37.7 Å². The fraction of sp³-hybridized carbons (Fsp3) is 0.500. The number of hydrogen-bond donors (Lipinski definition) is 2. The number of carboxylic acid groups (broad SMARTS) is 1. The largest absolute Gasteiger partial charge is 0.479 e. The van der Waals surface area contributed by atoms with Crippen molar-refractivity contribution in [1.29, 1.82) is 0 Å². The molecule has 0 radical (unpaired) electrons. The molecule has 1 aliphatic carbocycles. The van der Waals surface area contributed by atoms with E-state index in [1.807, 2.05) is 30.3 Å². The Kier molecular flexibility index (Phi) is 5.53. The van der Waals surface area contributed by atoms with Gasteiger partial charge in [0.1, 0.15) is 0 Å². The average Bonchev–Trinajstić information content (AvgIpc) is 3.08. The fourth-order valence-corrected chi connectivity index (χ4v) is 3.87. The van der Waals surface area contributed by atoms with Crippen molar-refractivity contribution in [1.82, 2.24) is 10.2 Å². The highest BCUT2D eigenvalue weighted by Crippen LogP contribution is 2.25. The van der Waals surface area contributed by atoms with E-state index in [2.05, 4.69) is 22.4 Å². The van der Waals surface area contributed by atoms with Crippen LogP contribution in [0.15, 0.2) is 42.5 Å². The molecule has 0 unspecified atom stereocenters. The molecule has 134 valence electrons. The summed E-state index contributed by atoms with van der Waals surface area (Å²) in [6.07, 6.45) is 7.77. The number of amides is 1. The Labute approximate surface area is 148 Å². The maximum absolute atomic E-state index is 12.4. The minimum Gasteiger partial charge on any atom is -0.479 e. The van der Waals surface area contributed by atoms with Crippen LogP contribution in [0.5, 0.6) is 0 Å². The first-order valence-electron chi connectivity index (χ1n) is 9.05. The Balaban J connectivity index is 1.65. The lowest BCUT2D eigenvalue weighted by molar-refractivity contribution is -0.150. The number of rotatable bonds is 6. The van der Waals surface area contributed by atoms with Crippen LogP contribution in [0.4, 0.5) is 0 Å². The molecule has 1 fully saturated rings. The van der Waals surface area contributed by atoms with Gasteiger partial charge < -0.3 is 10.4 Å². The van der Waals surface area contributed by atoms with Gasteiger partial charge in [-0.05, 0) is 43.7 Å². The number of aliphatic carboxylic acids is 1. The van der Waals surface area contributed by atoms with Crippen molar-refractivity contribution < 1.29 is 14.7 Å². The SMILES string of the molecule is O=C(C[C@@H]1C=CCC1)N[C@]1(C(=O)O)CCCN(Cc2ccccc2)C1. The van der Waals surface area contributed by atoms with Crippen LogP contribution in [0, 0.1) is 5.92 Å². The summed E-state index contributed by atoms with van der Waals surface area (Å²) in [4.78, 5) is 26.5. The number of nitrogens with zero attached hydrogens (tertiary/aromatic N) is 1. The Hall–Kier alpha value is -2.14. The predicted octanol–water partition coefficient (Wildman–Crippen LogP) is 2.58. The normalized spacial score (nSPS) is 26.5. The maximum Gasteiger partial charge on any atom is 0.330 e. The van der Waals surface area contributed by atoms with E-state index in [0.29, 0.717) is 25.9 Å². The summed E-state index contributed by atoms with van der Waals surface area (Å²) in [5, 5.41) is 12.7. The molecule has 0 spiro atoms. The smallest absolute Gasteiger partial charge is 0.330 e. The lowest BCUT2D eigenvalue weighted by Gasteiger charge is -2.40. The first-order chi connectivity index (χ1) is 12.1. The van der Waals surface area contributed by atoms with Gasteiger partial charge in [0, 0.05) is 19.5 Å². The summed E-state index contributed by atoms with van der Waals surface area (Å²) in [6, 6.07) is 10.0. The van der Waals surface area contributed by atoms with Crippen LogP contribution >= 0.6 is 0 Å².